The third-order valence-electron chi connectivity index (χ3n) is 2.54. The quantitative estimate of drug-likeness (QED) is 0.933. The van der Waals surface area contributed by atoms with Crippen LogP contribution < -0.4 is 5.73 Å². The van der Waals surface area contributed by atoms with E-state index < -0.39 is 0 Å². The summed E-state index contributed by atoms with van der Waals surface area (Å²) in [7, 11) is 1.91. The minimum atomic E-state index is 0.601. The lowest BCUT2D eigenvalue weighted by molar-refractivity contribution is 0.691. The molecule has 5 heteroatoms. The highest BCUT2D eigenvalue weighted by molar-refractivity contribution is 9.10. The lowest BCUT2D eigenvalue weighted by Gasteiger charge is -1.96. The third kappa shape index (κ3) is 3.14. The second kappa shape index (κ2) is 5.42. The molecule has 4 nitrogen and oxygen atoms in total. The van der Waals surface area contributed by atoms with E-state index in [0.29, 0.717) is 6.54 Å². The van der Waals surface area contributed by atoms with Gasteiger partial charge in [0.25, 0.3) is 0 Å². The Balaban J connectivity index is 2.13. The van der Waals surface area contributed by atoms with Gasteiger partial charge in [0.2, 0.25) is 0 Å². The summed E-state index contributed by atoms with van der Waals surface area (Å²) in [5.74, 6) is 1.79. The molecule has 0 aliphatic carbocycles. The van der Waals surface area contributed by atoms with Crippen molar-refractivity contribution in [3.05, 3.63) is 46.0 Å². The summed E-state index contributed by atoms with van der Waals surface area (Å²) < 4.78 is 2.89. The van der Waals surface area contributed by atoms with Gasteiger partial charge in [-0.1, -0.05) is 28.1 Å². The predicted molar refractivity (Wildman–Crippen MR) is 70.7 cm³/mol. The molecule has 1 heterocycles. The number of hydrogen-bond acceptors (Lipinski definition) is 3. The molecule has 2 aromatic rings. The van der Waals surface area contributed by atoms with Crippen LogP contribution in [0, 0.1) is 0 Å². The largest absolute Gasteiger partial charge is 0.330 e. The molecule has 2 rings (SSSR count). The van der Waals surface area contributed by atoms with Crippen LogP contribution in [0.5, 0.6) is 0 Å². The van der Waals surface area contributed by atoms with Gasteiger partial charge in [-0.15, -0.1) is 0 Å². The van der Waals surface area contributed by atoms with E-state index in [-0.39, 0.29) is 0 Å². The summed E-state index contributed by atoms with van der Waals surface area (Å²) >= 11 is 3.42. The fourth-order valence-electron chi connectivity index (χ4n) is 1.68. The number of hydrogen-bond donors (Lipinski definition) is 1. The SMILES string of the molecule is Cn1nc(Cc2ccc(Br)cc2)nc1CCN. The molecule has 0 radical (unpaired) electrons. The van der Waals surface area contributed by atoms with Crippen LogP contribution in [0.2, 0.25) is 0 Å². The number of aryl methyl sites for hydroxylation is 1. The topological polar surface area (TPSA) is 56.7 Å². The number of benzene rings is 1. The maximum Gasteiger partial charge on any atom is 0.155 e. The van der Waals surface area contributed by atoms with Crippen LogP contribution in [0.4, 0.5) is 0 Å². The molecule has 2 N–H and O–H groups in total. The molecule has 0 saturated carbocycles. The van der Waals surface area contributed by atoms with Crippen LogP contribution in [-0.4, -0.2) is 21.3 Å². The Morgan fingerprint density at radius 1 is 1.29 bits per heavy atom. The van der Waals surface area contributed by atoms with E-state index in [1.54, 1.807) is 4.68 Å². The molecule has 17 heavy (non-hydrogen) atoms. The van der Waals surface area contributed by atoms with Crippen molar-refractivity contribution in [2.75, 3.05) is 6.54 Å². The number of aromatic nitrogens is 3. The van der Waals surface area contributed by atoms with Crippen molar-refractivity contribution in [1.82, 2.24) is 14.8 Å². The van der Waals surface area contributed by atoms with Crippen LogP contribution in [0.3, 0.4) is 0 Å². The van der Waals surface area contributed by atoms with Crippen molar-refractivity contribution < 1.29 is 0 Å². The highest BCUT2D eigenvalue weighted by Gasteiger charge is 2.06. The summed E-state index contributed by atoms with van der Waals surface area (Å²) in [5, 5.41) is 4.39. The molecular formula is C12H15BrN4. The average molecular weight is 295 g/mol. The first-order valence-corrected chi connectivity index (χ1v) is 6.31. The molecule has 0 atom stereocenters. The van der Waals surface area contributed by atoms with E-state index in [2.05, 4.69) is 38.1 Å². The van der Waals surface area contributed by atoms with Gasteiger partial charge in [-0.25, -0.2) is 4.98 Å². The number of nitrogens with zero attached hydrogens (tertiary/aromatic N) is 3. The summed E-state index contributed by atoms with van der Waals surface area (Å²) in [5.41, 5.74) is 6.73. The molecular weight excluding hydrogens is 280 g/mol. The molecule has 0 bridgehead atoms. The van der Waals surface area contributed by atoms with Gasteiger partial charge in [0, 0.05) is 24.4 Å². The van der Waals surface area contributed by atoms with Crippen LogP contribution >= 0.6 is 15.9 Å². The summed E-state index contributed by atoms with van der Waals surface area (Å²) in [6, 6.07) is 8.20. The molecule has 0 unspecified atom stereocenters. The Hall–Kier alpha value is -1.20. The van der Waals surface area contributed by atoms with Crippen molar-refractivity contribution in [3.63, 3.8) is 0 Å². The average Bonchev–Trinajstić information content (AvgIpc) is 2.63. The van der Waals surface area contributed by atoms with E-state index >= 15 is 0 Å². The Kier molecular flexibility index (Phi) is 3.91. The summed E-state index contributed by atoms with van der Waals surface area (Å²) in [4.78, 5) is 4.48. The molecule has 1 aromatic carbocycles. The molecule has 1 aromatic heterocycles. The van der Waals surface area contributed by atoms with Crippen LogP contribution in [0.15, 0.2) is 28.7 Å². The zero-order valence-corrected chi connectivity index (χ0v) is 11.3. The molecule has 0 saturated heterocycles. The van der Waals surface area contributed by atoms with E-state index in [4.69, 9.17) is 5.73 Å². The van der Waals surface area contributed by atoms with Crippen molar-refractivity contribution in [1.29, 1.82) is 0 Å². The van der Waals surface area contributed by atoms with Gasteiger partial charge >= 0.3 is 0 Å². The number of nitrogens with two attached hydrogens (primary N) is 1. The van der Waals surface area contributed by atoms with Gasteiger partial charge < -0.3 is 5.73 Å². The van der Waals surface area contributed by atoms with E-state index in [1.165, 1.54) is 5.56 Å². The first-order chi connectivity index (χ1) is 8.19. The van der Waals surface area contributed by atoms with E-state index in [1.807, 2.05) is 19.2 Å². The maximum atomic E-state index is 5.52. The Morgan fingerprint density at radius 3 is 2.65 bits per heavy atom. The Bertz CT molecular complexity index is 490. The normalized spacial score (nSPS) is 10.8. The molecule has 90 valence electrons. The van der Waals surface area contributed by atoms with E-state index in [0.717, 1.165) is 29.0 Å². The number of rotatable bonds is 4. The first-order valence-electron chi connectivity index (χ1n) is 5.52. The fourth-order valence-corrected chi connectivity index (χ4v) is 1.95. The van der Waals surface area contributed by atoms with Crippen LogP contribution in [-0.2, 0) is 19.9 Å². The zero-order valence-electron chi connectivity index (χ0n) is 9.73. The van der Waals surface area contributed by atoms with Gasteiger partial charge in [-0.05, 0) is 24.2 Å². The van der Waals surface area contributed by atoms with Crippen molar-refractivity contribution >= 4 is 15.9 Å². The highest BCUT2D eigenvalue weighted by atomic mass is 79.9. The predicted octanol–water partition coefficient (Wildman–Crippen LogP) is 1.67. The first kappa shape index (κ1) is 12.3. The van der Waals surface area contributed by atoms with Gasteiger partial charge in [-0.3, -0.25) is 4.68 Å². The van der Waals surface area contributed by atoms with E-state index in [9.17, 15) is 0 Å². The second-order valence-electron chi connectivity index (χ2n) is 3.91. The van der Waals surface area contributed by atoms with Gasteiger partial charge in [0.05, 0.1) is 0 Å². The fraction of sp³-hybridized carbons (Fsp3) is 0.333. The van der Waals surface area contributed by atoms with Gasteiger partial charge in [-0.2, -0.15) is 5.10 Å². The Labute approximate surface area is 109 Å². The minimum absolute atomic E-state index is 0.601. The number of halogens is 1. The monoisotopic (exact) mass is 294 g/mol. The van der Waals surface area contributed by atoms with Crippen LogP contribution in [0.1, 0.15) is 17.2 Å². The maximum absolute atomic E-state index is 5.52. The molecule has 0 amide bonds. The standard InChI is InChI=1S/C12H15BrN4/c1-17-12(6-7-14)15-11(16-17)8-9-2-4-10(13)5-3-9/h2-5H,6-8,14H2,1H3. The lowest BCUT2D eigenvalue weighted by Crippen LogP contribution is -2.08. The van der Waals surface area contributed by atoms with Crippen LogP contribution in [0.25, 0.3) is 0 Å². The smallest absolute Gasteiger partial charge is 0.155 e. The molecule has 0 spiro atoms. The van der Waals surface area contributed by atoms with Crippen molar-refractivity contribution in [2.45, 2.75) is 12.8 Å². The third-order valence-corrected chi connectivity index (χ3v) is 3.07. The highest BCUT2D eigenvalue weighted by Crippen LogP contribution is 2.12. The second-order valence-corrected chi connectivity index (χ2v) is 4.83. The molecule has 0 aliphatic heterocycles. The lowest BCUT2D eigenvalue weighted by atomic mass is 10.1. The summed E-state index contributed by atoms with van der Waals surface area (Å²) in [6.07, 6.45) is 1.52. The van der Waals surface area contributed by atoms with Crippen molar-refractivity contribution in [2.24, 2.45) is 12.8 Å². The summed E-state index contributed by atoms with van der Waals surface area (Å²) in [6.45, 7) is 0.601. The molecule has 0 fully saturated rings. The zero-order chi connectivity index (χ0) is 12.3. The minimum Gasteiger partial charge on any atom is -0.330 e. The van der Waals surface area contributed by atoms with Gasteiger partial charge in [0.1, 0.15) is 5.82 Å². The van der Waals surface area contributed by atoms with Gasteiger partial charge in [0.15, 0.2) is 5.82 Å². The van der Waals surface area contributed by atoms with Crippen molar-refractivity contribution in [3.8, 4) is 0 Å². The molecule has 0 aliphatic rings. The Morgan fingerprint density at radius 2 is 2.00 bits per heavy atom.